The largest absolute Gasteiger partial charge is 0.468 e. The number of nitrogens with zero attached hydrogens (tertiary/aromatic N) is 2. The number of sulfone groups is 1. The Kier molecular flexibility index (Phi) is 6.99. The van der Waals surface area contributed by atoms with E-state index in [1.165, 1.54) is 36.1 Å². The van der Waals surface area contributed by atoms with Gasteiger partial charge in [0.25, 0.3) is 5.91 Å². The highest BCUT2D eigenvalue weighted by Gasteiger charge is 2.54. The van der Waals surface area contributed by atoms with E-state index in [2.05, 4.69) is 10.4 Å². The Hall–Kier alpha value is -3.53. The summed E-state index contributed by atoms with van der Waals surface area (Å²) in [5, 5.41) is 7.24. The Morgan fingerprint density at radius 2 is 1.69 bits per heavy atom. The van der Waals surface area contributed by atoms with Crippen LogP contribution in [0.25, 0.3) is 11.3 Å². The Morgan fingerprint density at radius 1 is 1.08 bits per heavy atom. The highest BCUT2D eigenvalue weighted by Crippen LogP contribution is 2.41. The van der Waals surface area contributed by atoms with Crippen molar-refractivity contribution < 1.29 is 27.1 Å². The SMILES string of the molecule is COC(=O)C1(S(=O)(=O)c2ccc([C@@H](C)NC(=O)c3cc(-c4ccc(F)cc4)nn3C)cc2)CCCC1. The molecule has 1 N–H and O–H groups in total. The number of ether oxygens (including phenoxy) is 1. The number of rotatable bonds is 7. The van der Waals surface area contributed by atoms with E-state index in [1.807, 2.05) is 0 Å². The minimum Gasteiger partial charge on any atom is -0.468 e. The molecule has 0 spiro atoms. The van der Waals surface area contributed by atoms with Crippen LogP contribution in [-0.4, -0.2) is 41.9 Å². The third kappa shape index (κ3) is 4.53. The molecule has 8 nitrogen and oxygen atoms in total. The Balaban J connectivity index is 1.50. The molecule has 1 aliphatic rings. The first kappa shape index (κ1) is 25.6. The maximum atomic E-state index is 13.4. The molecule has 1 amide bonds. The summed E-state index contributed by atoms with van der Waals surface area (Å²) in [4.78, 5) is 25.4. The van der Waals surface area contributed by atoms with Gasteiger partial charge in [-0.1, -0.05) is 25.0 Å². The fraction of sp³-hybridized carbons (Fsp3) is 0.346. The maximum Gasteiger partial charge on any atom is 0.327 e. The smallest absolute Gasteiger partial charge is 0.327 e. The average Bonchev–Trinajstić information content (AvgIpc) is 3.52. The van der Waals surface area contributed by atoms with Crippen LogP contribution in [0.5, 0.6) is 0 Å². The van der Waals surface area contributed by atoms with Crippen molar-refractivity contribution in [3.8, 4) is 11.3 Å². The van der Waals surface area contributed by atoms with E-state index in [-0.39, 0.29) is 29.5 Å². The molecule has 1 atom stereocenters. The topological polar surface area (TPSA) is 107 Å². The molecule has 1 saturated carbocycles. The molecule has 0 unspecified atom stereocenters. The number of halogens is 1. The lowest BCUT2D eigenvalue weighted by Gasteiger charge is -2.26. The number of methoxy groups -OCH3 is 1. The van der Waals surface area contributed by atoms with Gasteiger partial charge in [-0.25, -0.2) is 12.8 Å². The van der Waals surface area contributed by atoms with Crippen molar-refractivity contribution in [1.82, 2.24) is 15.1 Å². The van der Waals surface area contributed by atoms with Gasteiger partial charge in [0.2, 0.25) is 0 Å². The third-order valence-corrected chi connectivity index (χ3v) is 9.27. The first-order chi connectivity index (χ1) is 17.1. The van der Waals surface area contributed by atoms with Gasteiger partial charge in [-0.2, -0.15) is 5.10 Å². The molecule has 4 rings (SSSR count). The van der Waals surface area contributed by atoms with E-state index in [1.54, 1.807) is 44.3 Å². The minimum atomic E-state index is -3.95. The number of hydrogen-bond acceptors (Lipinski definition) is 6. The molecule has 10 heteroatoms. The molecule has 2 aromatic carbocycles. The molecule has 3 aromatic rings. The molecule has 0 radical (unpaired) electrons. The van der Waals surface area contributed by atoms with Crippen LogP contribution in [0.2, 0.25) is 0 Å². The predicted octanol–water partition coefficient (Wildman–Crippen LogP) is 3.98. The van der Waals surface area contributed by atoms with Gasteiger partial charge >= 0.3 is 5.97 Å². The van der Waals surface area contributed by atoms with Crippen LogP contribution in [0.4, 0.5) is 4.39 Å². The number of carbonyl (C=O) groups is 2. The third-order valence-electron chi connectivity index (χ3n) is 6.77. The normalized spacial score (nSPS) is 15.9. The summed E-state index contributed by atoms with van der Waals surface area (Å²) in [6, 6.07) is 13.2. The number of hydrogen-bond donors (Lipinski definition) is 1. The summed E-state index contributed by atoms with van der Waals surface area (Å²) < 4.78 is 44.7. The van der Waals surface area contributed by atoms with Crippen molar-refractivity contribution in [2.45, 2.75) is 48.3 Å². The summed E-state index contributed by atoms with van der Waals surface area (Å²) >= 11 is 0. The fourth-order valence-corrected chi connectivity index (χ4v) is 6.75. The maximum absolute atomic E-state index is 13.4. The summed E-state index contributed by atoms with van der Waals surface area (Å²) in [7, 11) is -1.10. The summed E-state index contributed by atoms with van der Waals surface area (Å²) in [5.41, 5.74) is 2.24. The van der Waals surface area contributed by atoms with Crippen LogP contribution >= 0.6 is 0 Å². The second kappa shape index (κ2) is 9.85. The zero-order valence-electron chi connectivity index (χ0n) is 20.3. The molecule has 1 aliphatic carbocycles. The van der Waals surface area contributed by atoms with Crippen molar-refractivity contribution in [2.75, 3.05) is 7.11 Å². The number of nitrogens with one attached hydrogen (secondary N) is 1. The van der Waals surface area contributed by atoms with Crippen molar-refractivity contribution in [3.63, 3.8) is 0 Å². The van der Waals surface area contributed by atoms with Crippen molar-refractivity contribution in [1.29, 1.82) is 0 Å². The van der Waals surface area contributed by atoms with Crippen LogP contribution in [0, 0.1) is 5.82 Å². The first-order valence-corrected chi connectivity index (χ1v) is 13.1. The van der Waals surface area contributed by atoms with E-state index in [9.17, 15) is 22.4 Å². The van der Waals surface area contributed by atoms with E-state index in [4.69, 9.17) is 4.74 Å². The molecule has 1 fully saturated rings. The van der Waals surface area contributed by atoms with Gasteiger partial charge in [-0.05, 0) is 67.8 Å². The zero-order valence-corrected chi connectivity index (χ0v) is 21.1. The number of aromatic nitrogens is 2. The van der Waals surface area contributed by atoms with Crippen LogP contribution in [0.1, 0.15) is 54.7 Å². The second-order valence-electron chi connectivity index (χ2n) is 9.01. The number of carbonyl (C=O) groups excluding carboxylic acids is 2. The summed E-state index contributed by atoms with van der Waals surface area (Å²) in [5.74, 6) is -1.44. The first-order valence-electron chi connectivity index (χ1n) is 11.6. The molecule has 0 saturated heterocycles. The number of benzene rings is 2. The van der Waals surface area contributed by atoms with Gasteiger partial charge in [0, 0.05) is 12.6 Å². The van der Waals surface area contributed by atoms with E-state index >= 15 is 0 Å². The fourth-order valence-electron chi connectivity index (χ4n) is 4.67. The Labute approximate surface area is 209 Å². The van der Waals surface area contributed by atoms with Gasteiger partial charge in [0.15, 0.2) is 14.6 Å². The predicted molar refractivity (Wildman–Crippen MR) is 131 cm³/mol. The van der Waals surface area contributed by atoms with Crippen LogP contribution in [-0.2, 0) is 26.4 Å². The number of aryl methyl sites for hydroxylation is 1. The van der Waals surface area contributed by atoms with E-state index in [0.29, 0.717) is 35.4 Å². The van der Waals surface area contributed by atoms with Gasteiger partial charge in [0.1, 0.15) is 11.5 Å². The van der Waals surface area contributed by atoms with Gasteiger partial charge < -0.3 is 10.1 Å². The van der Waals surface area contributed by atoms with Crippen LogP contribution in [0.15, 0.2) is 59.5 Å². The quantitative estimate of drug-likeness (QED) is 0.479. The Morgan fingerprint density at radius 3 is 2.28 bits per heavy atom. The average molecular weight is 514 g/mol. The number of amides is 1. The number of esters is 1. The highest BCUT2D eigenvalue weighted by molar-refractivity contribution is 7.93. The Bertz CT molecular complexity index is 1380. The second-order valence-corrected chi connectivity index (χ2v) is 11.3. The molecule has 36 heavy (non-hydrogen) atoms. The zero-order chi connectivity index (χ0) is 26.1. The molecule has 1 aromatic heterocycles. The minimum absolute atomic E-state index is 0.0488. The van der Waals surface area contributed by atoms with E-state index in [0.717, 1.165) is 0 Å². The highest BCUT2D eigenvalue weighted by atomic mass is 32.2. The van der Waals surface area contributed by atoms with Crippen LogP contribution in [0.3, 0.4) is 0 Å². The molecular formula is C26H28FN3O5S. The lowest BCUT2D eigenvalue weighted by atomic mass is 10.1. The lowest BCUT2D eigenvalue weighted by molar-refractivity contribution is -0.143. The molecule has 1 heterocycles. The summed E-state index contributed by atoms with van der Waals surface area (Å²) in [6.45, 7) is 1.78. The molecular weight excluding hydrogens is 485 g/mol. The molecule has 190 valence electrons. The standard InChI is InChI=1S/C26H28FN3O5S/c1-17(28-24(31)23-16-22(29-30(23)2)19-6-10-20(27)11-7-19)18-8-12-21(13-9-18)36(33,34)26(25(32)35-3)14-4-5-15-26/h6-13,16-17H,4-5,14-15H2,1-3H3,(H,28,31)/t17-/m1/s1. The summed E-state index contributed by atoms with van der Waals surface area (Å²) in [6.07, 6.45) is 1.76. The lowest BCUT2D eigenvalue weighted by Crippen LogP contribution is -2.44. The van der Waals surface area contributed by atoms with Gasteiger partial charge in [0.05, 0.1) is 23.7 Å². The van der Waals surface area contributed by atoms with Gasteiger partial charge in [-0.15, -0.1) is 0 Å². The van der Waals surface area contributed by atoms with Gasteiger partial charge in [-0.3, -0.25) is 14.3 Å². The van der Waals surface area contributed by atoms with Crippen molar-refractivity contribution >= 4 is 21.7 Å². The molecule has 0 bridgehead atoms. The van der Waals surface area contributed by atoms with Crippen molar-refractivity contribution in [2.24, 2.45) is 7.05 Å². The van der Waals surface area contributed by atoms with E-state index < -0.39 is 26.6 Å². The monoisotopic (exact) mass is 513 g/mol. The van der Waals surface area contributed by atoms with Crippen LogP contribution < -0.4 is 5.32 Å². The van der Waals surface area contributed by atoms with Crippen molar-refractivity contribution in [3.05, 3.63) is 71.7 Å². The molecule has 0 aliphatic heterocycles.